The van der Waals surface area contributed by atoms with Crippen molar-refractivity contribution in [3.8, 4) is 0 Å². The highest BCUT2D eigenvalue weighted by Gasteiger charge is 2.53. The van der Waals surface area contributed by atoms with Crippen molar-refractivity contribution in [2.45, 2.75) is 37.0 Å². The summed E-state index contributed by atoms with van der Waals surface area (Å²) in [5, 5.41) is 3.40. The molecule has 0 aliphatic heterocycles. The van der Waals surface area contributed by atoms with Gasteiger partial charge < -0.3 is 5.32 Å². The number of aromatic nitrogens is 1. The number of pyridine rings is 1. The van der Waals surface area contributed by atoms with E-state index in [1.807, 2.05) is 18.5 Å². The van der Waals surface area contributed by atoms with Crippen LogP contribution in [0.5, 0.6) is 0 Å². The van der Waals surface area contributed by atoms with E-state index in [2.05, 4.69) is 89.2 Å². The van der Waals surface area contributed by atoms with Crippen molar-refractivity contribution in [2.24, 2.45) is 0 Å². The Morgan fingerprint density at radius 1 is 1.00 bits per heavy atom. The standard InChI is InChI=1S/C27H28N2S/c30-26(29-19-8-7-10-22-11-9-18-28-21-22)16-17-27(24-14-5-2-6-15-24)20-25(27)23-12-3-1-4-13-23/h1-6,9,11-18,21,25H,7-8,10,19-20H2,(H,29,30)/b17-16+/t25-,27+/m0/s1. The fraction of sp³-hybridized carbons (Fsp3) is 0.259. The number of allylic oxidation sites excluding steroid dienone is 1. The van der Waals surface area contributed by atoms with Crippen molar-refractivity contribution in [3.63, 3.8) is 0 Å². The highest BCUT2D eigenvalue weighted by molar-refractivity contribution is 7.80. The van der Waals surface area contributed by atoms with E-state index in [1.54, 1.807) is 0 Å². The van der Waals surface area contributed by atoms with E-state index in [0.717, 1.165) is 37.2 Å². The molecule has 3 heteroatoms. The van der Waals surface area contributed by atoms with Crippen LogP contribution in [-0.2, 0) is 11.8 Å². The molecule has 2 aromatic carbocycles. The maximum absolute atomic E-state index is 5.59. The molecule has 0 spiro atoms. The first-order valence-corrected chi connectivity index (χ1v) is 11.2. The zero-order valence-corrected chi connectivity index (χ0v) is 18.0. The number of hydrogen-bond acceptors (Lipinski definition) is 2. The molecule has 1 aliphatic rings. The summed E-state index contributed by atoms with van der Waals surface area (Å²) in [5.74, 6) is 0.514. The van der Waals surface area contributed by atoms with Crippen molar-refractivity contribution >= 4 is 17.2 Å². The second-order valence-electron chi connectivity index (χ2n) is 8.02. The van der Waals surface area contributed by atoms with Crippen molar-refractivity contribution < 1.29 is 0 Å². The van der Waals surface area contributed by atoms with Crippen LogP contribution >= 0.6 is 12.2 Å². The van der Waals surface area contributed by atoms with E-state index in [0.29, 0.717) is 5.92 Å². The number of nitrogens with zero attached hydrogens (tertiary/aromatic N) is 1. The lowest BCUT2D eigenvalue weighted by Gasteiger charge is -2.14. The van der Waals surface area contributed by atoms with Gasteiger partial charge in [-0.3, -0.25) is 4.98 Å². The van der Waals surface area contributed by atoms with E-state index in [-0.39, 0.29) is 5.41 Å². The Morgan fingerprint density at radius 2 is 1.77 bits per heavy atom. The molecule has 0 bridgehead atoms. The number of hydrogen-bond donors (Lipinski definition) is 1. The predicted octanol–water partition coefficient (Wildman–Crippen LogP) is 6.00. The van der Waals surface area contributed by atoms with Crippen molar-refractivity contribution in [3.05, 3.63) is 114 Å². The average molecular weight is 413 g/mol. The molecule has 1 aromatic heterocycles. The summed E-state index contributed by atoms with van der Waals surface area (Å²) in [4.78, 5) is 5.00. The van der Waals surface area contributed by atoms with Crippen LogP contribution in [0.1, 0.15) is 41.9 Å². The SMILES string of the molecule is S=C(/C=C/[C@]1(c2ccccc2)C[C@H]1c1ccccc1)NCCCCc1cccnc1. The van der Waals surface area contributed by atoms with Gasteiger partial charge in [0.2, 0.25) is 0 Å². The first-order chi connectivity index (χ1) is 14.8. The van der Waals surface area contributed by atoms with Gasteiger partial charge >= 0.3 is 0 Å². The Labute approximate surface area is 185 Å². The molecule has 152 valence electrons. The van der Waals surface area contributed by atoms with E-state index in [9.17, 15) is 0 Å². The summed E-state index contributed by atoms with van der Waals surface area (Å²) >= 11 is 5.59. The Kier molecular flexibility index (Phi) is 6.70. The van der Waals surface area contributed by atoms with E-state index in [4.69, 9.17) is 12.2 Å². The zero-order valence-electron chi connectivity index (χ0n) is 17.2. The number of nitrogens with one attached hydrogen (secondary N) is 1. The van der Waals surface area contributed by atoms with Gasteiger partial charge in [-0.15, -0.1) is 0 Å². The number of unbranched alkanes of at least 4 members (excludes halogenated alkanes) is 1. The minimum Gasteiger partial charge on any atom is -0.376 e. The smallest absolute Gasteiger partial charge is 0.0985 e. The summed E-state index contributed by atoms with van der Waals surface area (Å²) in [5.41, 5.74) is 4.12. The molecule has 0 radical (unpaired) electrons. The monoisotopic (exact) mass is 412 g/mol. The van der Waals surface area contributed by atoms with Crippen LogP contribution in [0.2, 0.25) is 0 Å². The highest BCUT2D eigenvalue weighted by Crippen LogP contribution is 2.61. The van der Waals surface area contributed by atoms with Crippen molar-refractivity contribution in [1.82, 2.24) is 10.3 Å². The average Bonchev–Trinajstić information content (AvgIpc) is 3.55. The maximum atomic E-state index is 5.59. The van der Waals surface area contributed by atoms with Crippen LogP contribution in [0, 0.1) is 0 Å². The molecule has 1 fully saturated rings. The van der Waals surface area contributed by atoms with Gasteiger partial charge in [0.05, 0.1) is 4.99 Å². The maximum Gasteiger partial charge on any atom is 0.0985 e. The third-order valence-corrected chi connectivity index (χ3v) is 6.24. The molecular weight excluding hydrogens is 384 g/mol. The summed E-state index contributed by atoms with van der Waals surface area (Å²) < 4.78 is 0. The predicted molar refractivity (Wildman–Crippen MR) is 129 cm³/mol. The van der Waals surface area contributed by atoms with E-state index in [1.165, 1.54) is 16.7 Å². The minimum atomic E-state index is 0.0503. The number of benzene rings is 2. The van der Waals surface area contributed by atoms with Gasteiger partial charge in [0, 0.05) is 24.4 Å². The summed E-state index contributed by atoms with van der Waals surface area (Å²) in [7, 11) is 0. The zero-order chi connectivity index (χ0) is 20.7. The van der Waals surface area contributed by atoms with E-state index < -0.39 is 0 Å². The summed E-state index contributed by atoms with van der Waals surface area (Å²) in [6, 6.07) is 25.8. The number of aryl methyl sites for hydroxylation is 1. The van der Waals surface area contributed by atoms with Crippen LogP contribution in [-0.4, -0.2) is 16.5 Å². The van der Waals surface area contributed by atoms with Gasteiger partial charge in [-0.1, -0.05) is 85.0 Å². The fourth-order valence-corrected chi connectivity index (χ4v) is 4.39. The quantitative estimate of drug-likeness (QED) is 0.265. The second-order valence-corrected chi connectivity index (χ2v) is 8.46. The largest absolute Gasteiger partial charge is 0.376 e. The molecule has 4 rings (SSSR count). The molecular formula is C27H28N2S. The van der Waals surface area contributed by atoms with Gasteiger partial charge in [0.25, 0.3) is 0 Å². The molecule has 1 heterocycles. The lowest BCUT2D eigenvalue weighted by molar-refractivity contribution is 0.711. The lowest BCUT2D eigenvalue weighted by Crippen LogP contribution is -2.21. The molecule has 0 unspecified atom stereocenters. The van der Waals surface area contributed by atoms with Crippen LogP contribution in [0.25, 0.3) is 0 Å². The molecule has 30 heavy (non-hydrogen) atoms. The molecule has 2 atom stereocenters. The Morgan fingerprint density at radius 3 is 2.50 bits per heavy atom. The van der Waals surface area contributed by atoms with Crippen molar-refractivity contribution in [1.29, 1.82) is 0 Å². The van der Waals surface area contributed by atoms with Crippen LogP contribution < -0.4 is 5.32 Å². The van der Waals surface area contributed by atoms with Crippen LogP contribution in [0.3, 0.4) is 0 Å². The van der Waals surface area contributed by atoms with Gasteiger partial charge in [-0.25, -0.2) is 0 Å². The topological polar surface area (TPSA) is 24.9 Å². The second kappa shape index (κ2) is 9.82. The van der Waals surface area contributed by atoms with Gasteiger partial charge in [0.15, 0.2) is 0 Å². The third-order valence-electron chi connectivity index (χ3n) is 5.96. The molecule has 3 aromatic rings. The molecule has 2 nitrogen and oxygen atoms in total. The fourth-order valence-electron chi connectivity index (χ4n) is 4.22. The highest BCUT2D eigenvalue weighted by atomic mass is 32.1. The van der Waals surface area contributed by atoms with Gasteiger partial charge in [-0.05, 0) is 60.4 Å². The Bertz CT molecular complexity index is 970. The number of rotatable bonds is 9. The van der Waals surface area contributed by atoms with Gasteiger partial charge in [0.1, 0.15) is 0 Å². The first kappa shape index (κ1) is 20.5. The lowest BCUT2D eigenvalue weighted by atomic mass is 9.90. The molecule has 0 amide bonds. The molecule has 1 aliphatic carbocycles. The summed E-state index contributed by atoms with van der Waals surface area (Å²) in [6.45, 7) is 0.907. The molecule has 0 saturated heterocycles. The third kappa shape index (κ3) is 5.03. The number of thiocarbonyl (C=S) groups is 1. The Hall–Kier alpha value is -2.78. The summed E-state index contributed by atoms with van der Waals surface area (Å²) in [6.07, 6.45) is 12.6. The molecule has 1 N–H and O–H groups in total. The molecule has 1 saturated carbocycles. The normalized spacial score (nSPS) is 20.2. The van der Waals surface area contributed by atoms with Crippen molar-refractivity contribution in [2.75, 3.05) is 6.54 Å². The van der Waals surface area contributed by atoms with Crippen LogP contribution in [0.4, 0.5) is 0 Å². The first-order valence-electron chi connectivity index (χ1n) is 10.7. The van der Waals surface area contributed by atoms with E-state index >= 15 is 0 Å². The van der Waals surface area contributed by atoms with Crippen LogP contribution in [0.15, 0.2) is 97.3 Å². The van der Waals surface area contributed by atoms with Gasteiger partial charge in [-0.2, -0.15) is 0 Å². The Balaban J connectivity index is 1.32. The minimum absolute atomic E-state index is 0.0503.